The van der Waals surface area contributed by atoms with E-state index in [1.807, 2.05) is 27.7 Å². The van der Waals surface area contributed by atoms with Crippen LogP contribution in [-0.4, -0.2) is 69.2 Å². The lowest BCUT2D eigenvalue weighted by Crippen LogP contribution is -2.47. The molecular formula is C16H28O7. The smallest absolute Gasteiger partial charge is 0.164 e. The van der Waals surface area contributed by atoms with E-state index in [1.165, 1.54) is 0 Å². The SMILES string of the molecule is COCO[C@@H]1CCO[C@@H]1[C@@H]1OC(C)(C)O[C@@H]1[C@@H]1COC(C)(C)O1. The van der Waals surface area contributed by atoms with Crippen LogP contribution >= 0.6 is 0 Å². The van der Waals surface area contributed by atoms with Crippen LogP contribution in [0.2, 0.25) is 0 Å². The summed E-state index contributed by atoms with van der Waals surface area (Å²) in [5.74, 6) is -1.29. The molecule has 7 heteroatoms. The minimum Gasteiger partial charge on any atom is -0.373 e. The fourth-order valence-electron chi connectivity index (χ4n) is 3.47. The predicted molar refractivity (Wildman–Crippen MR) is 79.8 cm³/mol. The Morgan fingerprint density at radius 3 is 2.35 bits per heavy atom. The quantitative estimate of drug-likeness (QED) is 0.706. The normalized spacial score (nSPS) is 42.4. The second-order valence-electron chi connectivity index (χ2n) is 7.17. The van der Waals surface area contributed by atoms with Gasteiger partial charge in [0.05, 0.1) is 12.7 Å². The number of ether oxygens (including phenoxy) is 7. The molecule has 0 saturated carbocycles. The van der Waals surface area contributed by atoms with Crippen molar-refractivity contribution in [1.29, 1.82) is 0 Å². The van der Waals surface area contributed by atoms with Crippen LogP contribution in [-0.2, 0) is 33.2 Å². The van der Waals surface area contributed by atoms with Gasteiger partial charge in [-0.2, -0.15) is 0 Å². The molecule has 23 heavy (non-hydrogen) atoms. The van der Waals surface area contributed by atoms with Crippen LogP contribution in [0.1, 0.15) is 34.1 Å². The molecule has 3 aliphatic rings. The van der Waals surface area contributed by atoms with Crippen molar-refractivity contribution in [2.24, 2.45) is 0 Å². The summed E-state index contributed by atoms with van der Waals surface area (Å²) in [6.07, 6.45) is -0.182. The van der Waals surface area contributed by atoms with E-state index in [0.717, 1.165) is 6.42 Å². The highest BCUT2D eigenvalue weighted by Crippen LogP contribution is 2.39. The summed E-state index contributed by atoms with van der Waals surface area (Å²) in [5, 5.41) is 0. The van der Waals surface area contributed by atoms with Crippen molar-refractivity contribution in [3.05, 3.63) is 0 Å². The van der Waals surface area contributed by atoms with Gasteiger partial charge < -0.3 is 33.2 Å². The van der Waals surface area contributed by atoms with Crippen LogP contribution in [0.25, 0.3) is 0 Å². The van der Waals surface area contributed by atoms with E-state index < -0.39 is 11.6 Å². The van der Waals surface area contributed by atoms with Crippen molar-refractivity contribution in [3.63, 3.8) is 0 Å². The summed E-state index contributed by atoms with van der Waals surface area (Å²) in [7, 11) is 1.61. The van der Waals surface area contributed by atoms with Crippen molar-refractivity contribution >= 4 is 0 Å². The van der Waals surface area contributed by atoms with E-state index in [4.69, 9.17) is 33.2 Å². The van der Waals surface area contributed by atoms with E-state index in [-0.39, 0.29) is 37.3 Å². The fourth-order valence-corrected chi connectivity index (χ4v) is 3.47. The molecule has 0 aromatic rings. The minimum atomic E-state index is -0.691. The first kappa shape index (κ1) is 17.5. The molecule has 0 unspecified atom stereocenters. The monoisotopic (exact) mass is 332 g/mol. The molecule has 3 rings (SSSR count). The Hall–Kier alpha value is -0.280. The van der Waals surface area contributed by atoms with Gasteiger partial charge in [-0.05, 0) is 34.1 Å². The average molecular weight is 332 g/mol. The first-order chi connectivity index (χ1) is 10.8. The lowest BCUT2D eigenvalue weighted by molar-refractivity contribution is -0.177. The highest BCUT2D eigenvalue weighted by molar-refractivity contribution is 4.98. The zero-order valence-electron chi connectivity index (χ0n) is 14.6. The van der Waals surface area contributed by atoms with Crippen molar-refractivity contribution < 1.29 is 33.2 Å². The first-order valence-electron chi connectivity index (χ1n) is 8.21. The zero-order valence-corrected chi connectivity index (χ0v) is 14.6. The maximum absolute atomic E-state index is 6.13. The van der Waals surface area contributed by atoms with E-state index in [2.05, 4.69) is 0 Å². The van der Waals surface area contributed by atoms with E-state index in [9.17, 15) is 0 Å². The summed E-state index contributed by atoms with van der Waals surface area (Å²) < 4.78 is 40.6. The van der Waals surface area contributed by atoms with Gasteiger partial charge in [0, 0.05) is 13.7 Å². The largest absolute Gasteiger partial charge is 0.373 e. The van der Waals surface area contributed by atoms with Gasteiger partial charge in [0.25, 0.3) is 0 Å². The second-order valence-corrected chi connectivity index (χ2v) is 7.17. The predicted octanol–water partition coefficient (Wildman–Crippen LogP) is 1.44. The second kappa shape index (κ2) is 6.55. The Labute approximate surface area is 137 Å². The molecule has 134 valence electrons. The number of hydrogen-bond donors (Lipinski definition) is 0. The van der Waals surface area contributed by atoms with Gasteiger partial charge in [-0.25, -0.2) is 0 Å². The molecule has 0 bridgehead atoms. The third-order valence-corrected chi connectivity index (χ3v) is 4.36. The lowest BCUT2D eigenvalue weighted by Gasteiger charge is -2.29. The first-order valence-corrected chi connectivity index (χ1v) is 8.21. The summed E-state index contributed by atoms with van der Waals surface area (Å²) >= 11 is 0. The third kappa shape index (κ3) is 3.87. The van der Waals surface area contributed by atoms with Crippen molar-refractivity contribution in [2.45, 2.75) is 76.2 Å². The van der Waals surface area contributed by atoms with Gasteiger partial charge in [0.1, 0.15) is 31.2 Å². The molecule has 3 fully saturated rings. The summed E-state index contributed by atoms with van der Waals surface area (Å²) in [5.41, 5.74) is 0. The Kier molecular flexibility index (Phi) is 5.00. The van der Waals surface area contributed by atoms with Gasteiger partial charge in [0.15, 0.2) is 11.6 Å². The molecule has 3 aliphatic heterocycles. The van der Waals surface area contributed by atoms with Crippen LogP contribution < -0.4 is 0 Å². The average Bonchev–Trinajstić information content (AvgIpc) is 3.13. The van der Waals surface area contributed by atoms with Crippen LogP contribution in [0.15, 0.2) is 0 Å². The van der Waals surface area contributed by atoms with Gasteiger partial charge in [-0.15, -0.1) is 0 Å². The zero-order chi connectivity index (χ0) is 16.7. The molecule has 5 atom stereocenters. The van der Waals surface area contributed by atoms with E-state index in [0.29, 0.717) is 13.2 Å². The molecule has 0 radical (unpaired) electrons. The maximum atomic E-state index is 6.13. The topological polar surface area (TPSA) is 64.6 Å². The van der Waals surface area contributed by atoms with Gasteiger partial charge in [-0.1, -0.05) is 0 Å². The molecule has 7 nitrogen and oxygen atoms in total. The van der Waals surface area contributed by atoms with Crippen molar-refractivity contribution in [2.75, 3.05) is 27.1 Å². The molecule has 0 aliphatic carbocycles. The Balaban J connectivity index is 1.73. The van der Waals surface area contributed by atoms with Crippen LogP contribution in [0.3, 0.4) is 0 Å². The Morgan fingerprint density at radius 2 is 1.70 bits per heavy atom. The molecule has 0 N–H and O–H groups in total. The van der Waals surface area contributed by atoms with E-state index in [1.54, 1.807) is 7.11 Å². The highest BCUT2D eigenvalue weighted by atomic mass is 16.8. The van der Waals surface area contributed by atoms with Crippen LogP contribution in [0, 0.1) is 0 Å². The number of hydrogen-bond acceptors (Lipinski definition) is 7. The molecule has 3 heterocycles. The third-order valence-electron chi connectivity index (χ3n) is 4.36. The maximum Gasteiger partial charge on any atom is 0.164 e. The molecule has 0 aromatic carbocycles. The Bertz CT molecular complexity index is 411. The summed E-state index contributed by atoms with van der Waals surface area (Å²) in [4.78, 5) is 0. The molecular weight excluding hydrogens is 304 g/mol. The molecule has 0 aromatic heterocycles. The van der Waals surface area contributed by atoms with Gasteiger partial charge in [0.2, 0.25) is 0 Å². The fraction of sp³-hybridized carbons (Fsp3) is 1.00. The van der Waals surface area contributed by atoms with Gasteiger partial charge >= 0.3 is 0 Å². The lowest BCUT2D eigenvalue weighted by atomic mass is 9.99. The number of rotatable bonds is 5. The highest BCUT2D eigenvalue weighted by Gasteiger charge is 2.54. The molecule has 0 spiro atoms. The number of methoxy groups -OCH3 is 1. The van der Waals surface area contributed by atoms with Gasteiger partial charge in [-0.3, -0.25) is 0 Å². The minimum absolute atomic E-state index is 0.0738. The van der Waals surface area contributed by atoms with Crippen molar-refractivity contribution in [1.82, 2.24) is 0 Å². The van der Waals surface area contributed by atoms with E-state index >= 15 is 0 Å². The molecule has 3 saturated heterocycles. The van der Waals surface area contributed by atoms with Crippen LogP contribution in [0.4, 0.5) is 0 Å². The molecule has 0 amide bonds. The van der Waals surface area contributed by atoms with Crippen molar-refractivity contribution in [3.8, 4) is 0 Å². The summed E-state index contributed by atoms with van der Waals surface area (Å²) in [6.45, 7) is 8.96. The van der Waals surface area contributed by atoms with Crippen LogP contribution in [0.5, 0.6) is 0 Å². The summed E-state index contributed by atoms with van der Waals surface area (Å²) in [6, 6.07) is 0. The standard InChI is InChI=1S/C16H28O7/c1-15(2)20-8-11(21-15)13-14(23-16(3,4)22-13)12-10(6-7-18-12)19-9-17-5/h10-14H,6-9H2,1-5H3/t10-,11+,12+,13-,14+/m1/s1. The Morgan fingerprint density at radius 1 is 0.957 bits per heavy atom.